The summed E-state index contributed by atoms with van der Waals surface area (Å²) in [5.41, 5.74) is 1.38. The Balaban J connectivity index is 2.29. The zero-order valence-corrected chi connectivity index (χ0v) is 9.59. The topological polar surface area (TPSA) is 17.0 Å². The van der Waals surface area contributed by atoms with E-state index in [1.54, 1.807) is 0 Å². The molecule has 0 radical (unpaired) electrons. The second-order valence-corrected chi connectivity index (χ2v) is 4.09. The zero-order valence-electron chi connectivity index (χ0n) is 9.59. The summed E-state index contributed by atoms with van der Waals surface area (Å²) >= 11 is 0. The number of nitrogens with zero attached hydrogens (tertiary/aromatic N) is 1. The molecule has 0 aliphatic rings. The largest absolute Gasteiger partial charge is 0.351 e. The SMILES string of the molecule is CCCCNCc1ccn(C(C)C)c1. The summed E-state index contributed by atoms with van der Waals surface area (Å²) in [5.74, 6) is 0. The smallest absolute Gasteiger partial charge is 0.0274 e. The third-order valence-corrected chi connectivity index (χ3v) is 2.41. The first-order valence-electron chi connectivity index (χ1n) is 5.61. The van der Waals surface area contributed by atoms with Crippen LogP contribution in [-0.2, 0) is 6.54 Å². The van der Waals surface area contributed by atoms with Crippen molar-refractivity contribution in [1.82, 2.24) is 9.88 Å². The third kappa shape index (κ3) is 3.54. The fraction of sp³-hybridized carbons (Fsp3) is 0.667. The van der Waals surface area contributed by atoms with E-state index >= 15 is 0 Å². The molecular weight excluding hydrogens is 172 g/mol. The molecule has 1 N–H and O–H groups in total. The minimum atomic E-state index is 0.569. The van der Waals surface area contributed by atoms with Crippen molar-refractivity contribution in [2.24, 2.45) is 0 Å². The van der Waals surface area contributed by atoms with Crippen molar-refractivity contribution in [3.63, 3.8) is 0 Å². The molecule has 0 atom stereocenters. The van der Waals surface area contributed by atoms with Gasteiger partial charge in [-0.25, -0.2) is 0 Å². The first-order valence-corrected chi connectivity index (χ1v) is 5.61. The summed E-state index contributed by atoms with van der Waals surface area (Å²) in [7, 11) is 0. The van der Waals surface area contributed by atoms with E-state index in [-0.39, 0.29) is 0 Å². The molecule has 14 heavy (non-hydrogen) atoms. The Morgan fingerprint density at radius 3 is 2.79 bits per heavy atom. The number of unbranched alkanes of at least 4 members (excludes halogenated alkanes) is 1. The van der Waals surface area contributed by atoms with E-state index in [1.807, 2.05) is 0 Å². The van der Waals surface area contributed by atoms with E-state index in [4.69, 9.17) is 0 Å². The minimum absolute atomic E-state index is 0.569. The Bertz CT molecular complexity index is 251. The maximum Gasteiger partial charge on any atom is 0.0274 e. The monoisotopic (exact) mass is 194 g/mol. The molecule has 80 valence electrons. The second kappa shape index (κ2) is 5.86. The molecule has 0 spiro atoms. The fourth-order valence-corrected chi connectivity index (χ4v) is 1.42. The van der Waals surface area contributed by atoms with Gasteiger partial charge in [0.1, 0.15) is 0 Å². The second-order valence-electron chi connectivity index (χ2n) is 4.09. The molecule has 0 amide bonds. The van der Waals surface area contributed by atoms with Gasteiger partial charge in [0.2, 0.25) is 0 Å². The van der Waals surface area contributed by atoms with E-state index in [9.17, 15) is 0 Å². The van der Waals surface area contributed by atoms with Gasteiger partial charge >= 0.3 is 0 Å². The standard InChI is InChI=1S/C12H22N2/c1-4-5-7-13-9-12-6-8-14(10-12)11(2)3/h6,8,10-11,13H,4-5,7,9H2,1-3H3. The summed E-state index contributed by atoms with van der Waals surface area (Å²) in [6, 6.07) is 2.76. The molecule has 0 saturated carbocycles. The predicted octanol–water partition coefficient (Wildman–Crippen LogP) is 2.96. The Morgan fingerprint density at radius 2 is 2.21 bits per heavy atom. The number of rotatable bonds is 6. The Morgan fingerprint density at radius 1 is 1.43 bits per heavy atom. The number of aromatic nitrogens is 1. The van der Waals surface area contributed by atoms with Crippen molar-refractivity contribution in [3.05, 3.63) is 24.0 Å². The first kappa shape index (κ1) is 11.3. The molecule has 1 aromatic heterocycles. The van der Waals surface area contributed by atoms with Crippen LogP contribution in [0.15, 0.2) is 18.5 Å². The lowest BCUT2D eigenvalue weighted by Gasteiger charge is -2.05. The van der Waals surface area contributed by atoms with Crippen molar-refractivity contribution >= 4 is 0 Å². The van der Waals surface area contributed by atoms with Crippen LogP contribution < -0.4 is 5.32 Å². The van der Waals surface area contributed by atoms with Gasteiger partial charge in [-0.15, -0.1) is 0 Å². The summed E-state index contributed by atoms with van der Waals surface area (Å²) in [4.78, 5) is 0. The molecule has 2 nitrogen and oxygen atoms in total. The molecule has 0 aliphatic heterocycles. The molecule has 0 aromatic carbocycles. The predicted molar refractivity (Wildman–Crippen MR) is 61.4 cm³/mol. The lowest BCUT2D eigenvalue weighted by atomic mass is 10.3. The number of hydrogen-bond acceptors (Lipinski definition) is 1. The van der Waals surface area contributed by atoms with E-state index < -0.39 is 0 Å². The van der Waals surface area contributed by atoms with Crippen LogP contribution in [0.3, 0.4) is 0 Å². The highest BCUT2D eigenvalue weighted by Crippen LogP contribution is 2.08. The van der Waals surface area contributed by atoms with Gasteiger partial charge in [-0.1, -0.05) is 13.3 Å². The van der Waals surface area contributed by atoms with Gasteiger partial charge in [0.05, 0.1) is 0 Å². The number of hydrogen-bond donors (Lipinski definition) is 1. The van der Waals surface area contributed by atoms with Crippen LogP contribution in [0, 0.1) is 0 Å². The van der Waals surface area contributed by atoms with E-state index in [0.29, 0.717) is 6.04 Å². The molecule has 1 aromatic rings. The molecule has 2 heteroatoms. The van der Waals surface area contributed by atoms with Crippen LogP contribution in [0.1, 0.15) is 45.2 Å². The lowest BCUT2D eigenvalue weighted by molar-refractivity contribution is 0.598. The third-order valence-electron chi connectivity index (χ3n) is 2.41. The van der Waals surface area contributed by atoms with Crippen molar-refractivity contribution < 1.29 is 0 Å². The Labute approximate surface area is 87.3 Å². The van der Waals surface area contributed by atoms with Crippen LogP contribution in [0.4, 0.5) is 0 Å². The lowest BCUT2D eigenvalue weighted by Crippen LogP contribution is -2.13. The highest BCUT2D eigenvalue weighted by molar-refractivity contribution is 5.10. The molecule has 0 aliphatic carbocycles. The van der Waals surface area contributed by atoms with Crippen LogP contribution >= 0.6 is 0 Å². The summed E-state index contributed by atoms with van der Waals surface area (Å²) in [6.45, 7) is 8.75. The summed E-state index contributed by atoms with van der Waals surface area (Å²) in [5, 5.41) is 3.44. The van der Waals surface area contributed by atoms with Gasteiger partial charge in [0, 0.05) is 25.0 Å². The quantitative estimate of drug-likeness (QED) is 0.689. The fourth-order valence-electron chi connectivity index (χ4n) is 1.42. The maximum absolute atomic E-state index is 3.44. The molecular formula is C12H22N2. The summed E-state index contributed by atoms with van der Waals surface area (Å²) < 4.78 is 2.25. The Hall–Kier alpha value is -0.760. The first-order chi connectivity index (χ1) is 6.74. The van der Waals surface area contributed by atoms with E-state index in [0.717, 1.165) is 13.1 Å². The molecule has 1 rings (SSSR count). The van der Waals surface area contributed by atoms with Crippen LogP contribution in [-0.4, -0.2) is 11.1 Å². The average molecular weight is 194 g/mol. The van der Waals surface area contributed by atoms with Crippen molar-refractivity contribution in [2.75, 3.05) is 6.54 Å². The highest BCUT2D eigenvalue weighted by Gasteiger charge is 1.98. The van der Waals surface area contributed by atoms with E-state index in [1.165, 1.54) is 18.4 Å². The maximum atomic E-state index is 3.44. The summed E-state index contributed by atoms with van der Waals surface area (Å²) in [6.07, 6.45) is 6.91. The Kier molecular flexibility index (Phi) is 4.74. The minimum Gasteiger partial charge on any atom is -0.351 e. The van der Waals surface area contributed by atoms with E-state index in [2.05, 4.69) is 49.1 Å². The van der Waals surface area contributed by atoms with Gasteiger partial charge in [-0.05, 0) is 38.4 Å². The van der Waals surface area contributed by atoms with Crippen molar-refractivity contribution in [2.45, 2.75) is 46.2 Å². The molecule has 0 fully saturated rings. The molecule has 0 bridgehead atoms. The normalized spacial score (nSPS) is 11.1. The molecule has 1 heterocycles. The van der Waals surface area contributed by atoms with Gasteiger partial charge in [0.15, 0.2) is 0 Å². The van der Waals surface area contributed by atoms with Crippen LogP contribution in [0.2, 0.25) is 0 Å². The van der Waals surface area contributed by atoms with Crippen LogP contribution in [0.25, 0.3) is 0 Å². The number of nitrogens with one attached hydrogen (secondary N) is 1. The molecule has 0 saturated heterocycles. The zero-order chi connectivity index (χ0) is 10.4. The van der Waals surface area contributed by atoms with Gasteiger partial charge in [-0.2, -0.15) is 0 Å². The van der Waals surface area contributed by atoms with Gasteiger partial charge in [-0.3, -0.25) is 0 Å². The van der Waals surface area contributed by atoms with Gasteiger partial charge < -0.3 is 9.88 Å². The van der Waals surface area contributed by atoms with Crippen LogP contribution in [0.5, 0.6) is 0 Å². The molecule has 0 unspecified atom stereocenters. The average Bonchev–Trinajstić information content (AvgIpc) is 2.61. The van der Waals surface area contributed by atoms with Gasteiger partial charge in [0.25, 0.3) is 0 Å². The van der Waals surface area contributed by atoms with Crippen molar-refractivity contribution in [1.29, 1.82) is 0 Å². The van der Waals surface area contributed by atoms with Crippen molar-refractivity contribution in [3.8, 4) is 0 Å². The highest BCUT2D eigenvalue weighted by atomic mass is 15.0.